The van der Waals surface area contributed by atoms with Crippen molar-refractivity contribution in [1.29, 1.82) is 0 Å². The van der Waals surface area contributed by atoms with E-state index in [0.717, 1.165) is 11.1 Å². The van der Waals surface area contributed by atoms with Gasteiger partial charge in [0.15, 0.2) is 28.8 Å². The fourth-order valence-electron chi connectivity index (χ4n) is 2.36. The first kappa shape index (κ1) is 19.1. The Morgan fingerprint density at radius 3 is 2.31 bits per heavy atom. The molecule has 0 aliphatic heterocycles. The molecule has 0 fully saturated rings. The van der Waals surface area contributed by atoms with Crippen LogP contribution < -0.4 is 9.47 Å². The fourth-order valence-corrected chi connectivity index (χ4v) is 2.36. The van der Waals surface area contributed by atoms with Crippen LogP contribution in [-0.2, 0) is 11.2 Å². The number of phenolic OH excluding ortho intramolecular Hbond substituents is 2. The minimum absolute atomic E-state index is 0.00461. The molecular weight excluding hydrogens is 332 g/mol. The Labute approximate surface area is 152 Å². The highest BCUT2D eigenvalue weighted by Crippen LogP contribution is 2.27. The van der Waals surface area contributed by atoms with E-state index in [1.165, 1.54) is 20.3 Å². The number of aromatic hydroxyl groups is 2. The lowest BCUT2D eigenvalue weighted by Gasteiger charge is -2.05. The minimum atomic E-state index is 0.00461. The number of ketones is 1. The number of phenols is 2. The van der Waals surface area contributed by atoms with Crippen LogP contribution in [0.3, 0.4) is 0 Å². The Bertz CT molecular complexity index is 821. The predicted octanol–water partition coefficient (Wildman–Crippen LogP) is 3.89. The van der Waals surface area contributed by atoms with Gasteiger partial charge in [0.2, 0.25) is 0 Å². The van der Waals surface area contributed by atoms with E-state index in [2.05, 4.69) is 0 Å². The molecule has 0 unspecified atom stereocenters. The van der Waals surface area contributed by atoms with Gasteiger partial charge in [-0.15, -0.1) is 0 Å². The quantitative estimate of drug-likeness (QED) is 0.556. The van der Waals surface area contributed by atoms with E-state index in [1.807, 2.05) is 6.08 Å². The van der Waals surface area contributed by atoms with Crippen LogP contribution in [0.1, 0.15) is 17.5 Å². The van der Waals surface area contributed by atoms with Crippen LogP contribution in [0.15, 0.2) is 54.6 Å². The lowest BCUT2D eigenvalue weighted by Crippen LogP contribution is -1.96. The second-order valence-corrected chi connectivity index (χ2v) is 5.62. The molecule has 0 aliphatic rings. The normalized spacial score (nSPS) is 11.2. The third-order valence-electron chi connectivity index (χ3n) is 3.79. The maximum atomic E-state index is 11.9. The lowest BCUT2D eigenvalue weighted by atomic mass is 10.1. The molecule has 0 spiro atoms. The standard InChI is InChI=1S/C21H22O5/c1-25-20-13-15(8-11-18(20)23)5-3-4-6-17(22)10-7-16-9-12-19(24)21(14-16)26-2/h3-6,8-9,11-14,23-24H,7,10H2,1-2H3. The van der Waals surface area contributed by atoms with Crippen molar-refractivity contribution >= 4 is 11.9 Å². The first-order valence-corrected chi connectivity index (χ1v) is 8.14. The number of aryl methyl sites for hydroxylation is 1. The monoisotopic (exact) mass is 354 g/mol. The second-order valence-electron chi connectivity index (χ2n) is 5.62. The van der Waals surface area contributed by atoms with E-state index in [-0.39, 0.29) is 17.3 Å². The summed E-state index contributed by atoms with van der Waals surface area (Å²) < 4.78 is 10.1. The van der Waals surface area contributed by atoms with Gasteiger partial charge in [-0.2, -0.15) is 0 Å². The van der Waals surface area contributed by atoms with Crippen molar-refractivity contribution in [3.63, 3.8) is 0 Å². The van der Waals surface area contributed by atoms with Crippen molar-refractivity contribution in [1.82, 2.24) is 0 Å². The van der Waals surface area contributed by atoms with Gasteiger partial charge >= 0.3 is 0 Å². The van der Waals surface area contributed by atoms with Crippen molar-refractivity contribution in [2.45, 2.75) is 12.8 Å². The summed E-state index contributed by atoms with van der Waals surface area (Å²) in [5.74, 6) is 0.971. The largest absolute Gasteiger partial charge is 0.504 e. The first-order valence-electron chi connectivity index (χ1n) is 8.14. The zero-order chi connectivity index (χ0) is 18.9. The van der Waals surface area contributed by atoms with Gasteiger partial charge in [0, 0.05) is 6.42 Å². The molecule has 0 aromatic heterocycles. The van der Waals surface area contributed by atoms with Crippen LogP contribution >= 0.6 is 0 Å². The summed E-state index contributed by atoms with van der Waals surface area (Å²) in [6.07, 6.45) is 7.71. The molecule has 2 rings (SSSR count). The summed E-state index contributed by atoms with van der Waals surface area (Å²) >= 11 is 0. The van der Waals surface area contributed by atoms with Crippen LogP contribution in [-0.4, -0.2) is 30.2 Å². The van der Waals surface area contributed by atoms with Gasteiger partial charge in [0.25, 0.3) is 0 Å². The van der Waals surface area contributed by atoms with Gasteiger partial charge in [-0.1, -0.05) is 30.4 Å². The van der Waals surface area contributed by atoms with E-state index in [4.69, 9.17) is 9.47 Å². The molecule has 0 saturated heterocycles. The summed E-state index contributed by atoms with van der Waals surface area (Å²) in [7, 11) is 2.98. The number of benzene rings is 2. The number of methoxy groups -OCH3 is 2. The number of carbonyl (C=O) groups excluding carboxylic acids is 1. The molecule has 5 nitrogen and oxygen atoms in total. The highest BCUT2D eigenvalue weighted by molar-refractivity contribution is 5.90. The number of hydrogen-bond acceptors (Lipinski definition) is 5. The Kier molecular flexibility index (Phi) is 6.85. The maximum Gasteiger partial charge on any atom is 0.161 e. The van der Waals surface area contributed by atoms with Crippen molar-refractivity contribution in [3.05, 3.63) is 65.8 Å². The molecule has 136 valence electrons. The smallest absolute Gasteiger partial charge is 0.161 e. The molecule has 0 heterocycles. The maximum absolute atomic E-state index is 11.9. The van der Waals surface area contributed by atoms with E-state index in [0.29, 0.717) is 24.3 Å². The average Bonchev–Trinajstić information content (AvgIpc) is 2.65. The molecule has 2 N–H and O–H groups in total. The topological polar surface area (TPSA) is 76.0 Å². The number of rotatable bonds is 8. The summed E-state index contributed by atoms with van der Waals surface area (Å²) in [4.78, 5) is 11.9. The van der Waals surface area contributed by atoms with Gasteiger partial charge in [-0.3, -0.25) is 4.79 Å². The number of carbonyl (C=O) groups is 1. The summed E-state index contributed by atoms with van der Waals surface area (Å²) in [6, 6.07) is 10.1. The summed E-state index contributed by atoms with van der Waals surface area (Å²) in [5.41, 5.74) is 1.78. The van der Waals surface area contributed by atoms with Crippen LogP contribution in [0.2, 0.25) is 0 Å². The summed E-state index contributed by atoms with van der Waals surface area (Å²) in [6.45, 7) is 0. The average molecular weight is 354 g/mol. The third-order valence-corrected chi connectivity index (χ3v) is 3.79. The first-order chi connectivity index (χ1) is 12.5. The zero-order valence-electron chi connectivity index (χ0n) is 14.8. The van der Waals surface area contributed by atoms with Crippen molar-refractivity contribution in [3.8, 4) is 23.0 Å². The van der Waals surface area contributed by atoms with Crippen LogP contribution in [0.25, 0.3) is 6.08 Å². The Balaban J connectivity index is 1.87. The van der Waals surface area contributed by atoms with Crippen molar-refractivity contribution in [2.75, 3.05) is 14.2 Å². The molecule has 0 radical (unpaired) electrons. The summed E-state index contributed by atoms with van der Waals surface area (Å²) in [5, 5.41) is 19.1. The fraction of sp³-hybridized carbons (Fsp3) is 0.190. The molecule has 0 bridgehead atoms. The molecular formula is C21H22O5. The zero-order valence-corrected chi connectivity index (χ0v) is 14.8. The van der Waals surface area contributed by atoms with Gasteiger partial charge in [-0.25, -0.2) is 0 Å². The number of hydrogen-bond donors (Lipinski definition) is 2. The highest BCUT2D eigenvalue weighted by Gasteiger charge is 2.04. The number of ether oxygens (including phenoxy) is 2. The van der Waals surface area contributed by atoms with Gasteiger partial charge in [0.1, 0.15) is 0 Å². The van der Waals surface area contributed by atoms with Gasteiger partial charge in [-0.05, 0) is 47.9 Å². The molecule has 0 atom stereocenters. The van der Waals surface area contributed by atoms with Crippen LogP contribution in [0.5, 0.6) is 23.0 Å². The molecule has 0 aliphatic carbocycles. The molecule has 0 amide bonds. The van der Waals surface area contributed by atoms with Crippen molar-refractivity contribution < 1.29 is 24.5 Å². The minimum Gasteiger partial charge on any atom is -0.504 e. The van der Waals surface area contributed by atoms with Gasteiger partial charge in [0.05, 0.1) is 14.2 Å². The van der Waals surface area contributed by atoms with E-state index in [1.54, 1.807) is 48.6 Å². The van der Waals surface area contributed by atoms with E-state index >= 15 is 0 Å². The third kappa shape index (κ3) is 5.41. The predicted molar refractivity (Wildman–Crippen MR) is 101 cm³/mol. The Morgan fingerprint density at radius 1 is 0.962 bits per heavy atom. The Hall–Kier alpha value is -3.21. The van der Waals surface area contributed by atoms with Crippen molar-refractivity contribution in [2.24, 2.45) is 0 Å². The van der Waals surface area contributed by atoms with E-state index in [9.17, 15) is 15.0 Å². The van der Waals surface area contributed by atoms with Crippen LogP contribution in [0.4, 0.5) is 0 Å². The SMILES string of the molecule is COc1cc(C=CC=CC(=O)CCc2ccc(O)c(OC)c2)ccc1O. The molecule has 0 saturated carbocycles. The highest BCUT2D eigenvalue weighted by atomic mass is 16.5. The molecule has 26 heavy (non-hydrogen) atoms. The van der Waals surface area contributed by atoms with Gasteiger partial charge < -0.3 is 19.7 Å². The second kappa shape index (κ2) is 9.32. The van der Waals surface area contributed by atoms with E-state index < -0.39 is 0 Å². The lowest BCUT2D eigenvalue weighted by molar-refractivity contribution is -0.114. The number of allylic oxidation sites excluding steroid dienone is 3. The van der Waals surface area contributed by atoms with Crippen LogP contribution in [0, 0.1) is 0 Å². The molecule has 5 heteroatoms. The molecule has 2 aromatic rings. The Morgan fingerprint density at radius 2 is 1.62 bits per heavy atom. The molecule has 2 aromatic carbocycles.